The Labute approximate surface area is 150 Å². The first-order valence-corrected chi connectivity index (χ1v) is 7.92. The van der Waals surface area contributed by atoms with E-state index < -0.39 is 4.92 Å². The van der Waals surface area contributed by atoms with Gasteiger partial charge in [0.1, 0.15) is 11.5 Å². The van der Waals surface area contributed by atoms with Crippen molar-refractivity contribution in [3.05, 3.63) is 106 Å². The number of hydrogen-bond donors (Lipinski definition) is 0. The second-order valence-electron chi connectivity index (χ2n) is 5.49. The Balaban J connectivity index is 1.65. The highest BCUT2D eigenvalue weighted by molar-refractivity contribution is 6.06. The van der Waals surface area contributed by atoms with Gasteiger partial charge >= 0.3 is 0 Å². The van der Waals surface area contributed by atoms with Crippen molar-refractivity contribution in [2.45, 2.75) is 0 Å². The molecule has 0 saturated heterocycles. The topological polar surface area (TPSA) is 69.4 Å². The first kappa shape index (κ1) is 17.1. The van der Waals surface area contributed by atoms with Gasteiger partial charge in [-0.3, -0.25) is 14.9 Å². The lowest BCUT2D eigenvalue weighted by Crippen LogP contribution is -1.94. The van der Waals surface area contributed by atoms with Crippen LogP contribution in [0.1, 0.15) is 15.9 Å². The zero-order valence-corrected chi connectivity index (χ0v) is 13.7. The van der Waals surface area contributed by atoms with Crippen LogP contribution in [-0.4, -0.2) is 10.7 Å². The van der Waals surface area contributed by atoms with Crippen LogP contribution >= 0.6 is 0 Å². The summed E-state index contributed by atoms with van der Waals surface area (Å²) in [5.41, 5.74) is 1.26. The van der Waals surface area contributed by atoms with E-state index >= 15 is 0 Å². The van der Waals surface area contributed by atoms with Crippen molar-refractivity contribution >= 4 is 17.5 Å². The minimum absolute atomic E-state index is 0.0162. The summed E-state index contributed by atoms with van der Waals surface area (Å²) < 4.78 is 5.69. The second kappa shape index (κ2) is 7.90. The van der Waals surface area contributed by atoms with Gasteiger partial charge in [-0.15, -0.1) is 0 Å². The second-order valence-corrected chi connectivity index (χ2v) is 5.49. The predicted molar refractivity (Wildman–Crippen MR) is 99.4 cm³/mol. The highest BCUT2D eigenvalue weighted by Gasteiger charge is 2.05. The lowest BCUT2D eigenvalue weighted by molar-refractivity contribution is -0.384. The van der Waals surface area contributed by atoms with E-state index in [-0.39, 0.29) is 11.5 Å². The third kappa shape index (κ3) is 4.42. The number of rotatable bonds is 6. The van der Waals surface area contributed by atoms with E-state index in [9.17, 15) is 14.9 Å². The van der Waals surface area contributed by atoms with Crippen LogP contribution in [-0.2, 0) is 0 Å². The highest BCUT2D eigenvalue weighted by atomic mass is 16.6. The molecule has 0 saturated carbocycles. The summed E-state index contributed by atoms with van der Waals surface area (Å²) in [6.45, 7) is 0. The molecule has 0 amide bonds. The van der Waals surface area contributed by atoms with Gasteiger partial charge in [-0.1, -0.05) is 24.3 Å². The summed E-state index contributed by atoms with van der Waals surface area (Å²) in [4.78, 5) is 22.4. The van der Waals surface area contributed by atoms with E-state index in [0.717, 1.165) is 5.75 Å². The number of benzene rings is 3. The predicted octanol–water partition coefficient (Wildman–Crippen LogP) is 5.28. The average molecular weight is 345 g/mol. The largest absolute Gasteiger partial charge is 0.457 e. The molecule has 128 valence electrons. The van der Waals surface area contributed by atoms with Crippen LogP contribution in [0, 0.1) is 10.1 Å². The number of carbonyl (C=O) groups is 1. The van der Waals surface area contributed by atoms with Crippen LogP contribution in [0.2, 0.25) is 0 Å². The minimum atomic E-state index is -0.461. The number of para-hydroxylation sites is 1. The molecule has 26 heavy (non-hydrogen) atoms. The lowest BCUT2D eigenvalue weighted by Gasteiger charge is -2.05. The third-order valence-corrected chi connectivity index (χ3v) is 3.65. The van der Waals surface area contributed by atoms with Gasteiger partial charge in [-0.05, 0) is 60.2 Å². The third-order valence-electron chi connectivity index (χ3n) is 3.65. The average Bonchev–Trinajstić information content (AvgIpc) is 2.68. The number of nitro groups is 1. The van der Waals surface area contributed by atoms with Crippen molar-refractivity contribution in [3.8, 4) is 11.5 Å². The van der Waals surface area contributed by atoms with Gasteiger partial charge in [0, 0.05) is 17.7 Å². The Hall–Kier alpha value is -3.73. The normalized spacial score (nSPS) is 10.6. The maximum atomic E-state index is 12.2. The van der Waals surface area contributed by atoms with Gasteiger partial charge in [0.05, 0.1) is 4.92 Å². The molecule has 5 heteroatoms. The molecule has 0 aliphatic heterocycles. The zero-order valence-electron chi connectivity index (χ0n) is 13.7. The maximum absolute atomic E-state index is 12.2. The van der Waals surface area contributed by atoms with Gasteiger partial charge in [-0.2, -0.15) is 0 Å². The summed E-state index contributed by atoms with van der Waals surface area (Å²) in [6.07, 6.45) is 3.06. The molecule has 3 aromatic rings. The Morgan fingerprint density at radius 2 is 1.46 bits per heavy atom. The van der Waals surface area contributed by atoms with E-state index in [1.165, 1.54) is 18.2 Å². The number of ether oxygens (including phenoxy) is 1. The molecule has 0 spiro atoms. The molecule has 3 rings (SSSR count). The Morgan fingerprint density at radius 3 is 2.08 bits per heavy atom. The summed E-state index contributed by atoms with van der Waals surface area (Å²) >= 11 is 0. The molecule has 0 unspecified atom stereocenters. The first-order chi connectivity index (χ1) is 12.6. The van der Waals surface area contributed by atoms with Crippen LogP contribution in [0.15, 0.2) is 84.9 Å². The molecule has 5 nitrogen and oxygen atoms in total. The fourth-order valence-electron chi connectivity index (χ4n) is 2.29. The van der Waals surface area contributed by atoms with Crippen molar-refractivity contribution < 1.29 is 14.5 Å². The van der Waals surface area contributed by atoms with E-state index in [1.54, 1.807) is 42.5 Å². The molecule has 0 aliphatic carbocycles. The number of allylic oxidation sites excluding steroid dienone is 1. The first-order valence-electron chi connectivity index (χ1n) is 7.92. The van der Waals surface area contributed by atoms with E-state index in [1.807, 2.05) is 30.3 Å². The Kier molecular flexibility index (Phi) is 5.19. The zero-order chi connectivity index (χ0) is 18.4. The molecule has 0 aliphatic rings. The fourth-order valence-corrected chi connectivity index (χ4v) is 2.29. The highest BCUT2D eigenvalue weighted by Crippen LogP contribution is 2.21. The smallest absolute Gasteiger partial charge is 0.269 e. The number of nitro benzene ring substituents is 1. The lowest BCUT2D eigenvalue weighted by atomic mass is 10.1. The molecule has 3 aromatic carbocycles. The summed E-state index contributed by atoms with van der Waals surface area (Å²) in [5, 5.41) is 10.6. The fraction of sp³-hybridized carbons (Fsp3) is 0. The number of ketones is 1. The molecule has 0 aromatic heterocycles. The summed E-state index contributed by atoms with van der Waals surface area (Å²) in [5.74, 6) is 1.21. The molecular formula is C21H15NO4. The van der Waals surface area contributed by atoms with Gasteiger partial charge in [0.2, 0.25) is 0 Å². The Morgan fingerprint density at radius 1 is 0.846 bits per heavy atom. The van der Waals surface area contributed by atoms with Crippen molar-refractivity contribution in [2.75, 3.05) is 0 Å². The molecule has 0 fully saturated rings. The summed E-state index contributed by atoms with van der Waals surface area (Å²) in [6, 6.07) is 22.2. The SMILES string of the molecule is O=C(/C=C/c1ccc([N+](=O)[O-])cc1)c1ccc(Oc2ccccc2)cc1. The van der Waals surface area contributed by atoms with Gasteiger partial charge < -0.3 is 4.74 Å². The maximum Gasteiger partial charge on any atom is 0.269 e. The van der Waals surface area contributed by atoms with Crippen LogP contribution in [0.25, 0.3) is 6.08 Å². The number of hydrogen-bond acceptors (Lipinski definition) is 4. The van der Waals surface area contributed by atoms with E-state index in [4.69, 9.17) is 4.74 Å². The molecule has 0 N–H and O–H groups in total. The molecule has 0 heterocycles. The molecular weight excluding hydrogens is 330 g/mol. The minimum Gasteiger partial charge on any atom is -0.457 e. The van der Waals surface area contributed by atoms with Gasteiger partial charge in [0.25, 0.3) is 5.69 Å². The van der Waals surface area contributed by atoms with Crippen molar-refractivity contribution in [1.82, 2.24) is 0 Å². The van der Waals surface area contributed by atoms with Crippen molar-refractivity contribution in [2.24, 2.45) is 0 Å². The van der Waals surface area contributed by atoms with Gasteiger partial charge in [0.15, 0.2) is 5.78 Å². The summed E-state index contributed by atoms with van der Waals surface area (Å²) in [7, 11) is 0. The van der Waals surface area contributed by atoms with Gasteiger partial charge in [-0.25, -0.2) is 0 Å². The number of non-ortho nitro benzene ring substituents is 1. The number of carbonyl (C=O) groups excluding carboxylic acids is 1. The molecule has 0 bridgehead atoms. The number of nitrogens with zero attached hydrogens (tertiary/aromatic N) is 1. The van der Waals surface area contributed by atoms with Crippen LogP contribution in [0.4, 0.5) is 5.69 Å². The quantitative estimate of drug-likeness (QED) is 0.264. The van der Waals surface area contributed by atoms with Crippen LogP contribution in [0.5, 0.6) is 11.5 Å². The van der Waals surface area contributed by atoms with Crippen LogP contribution < -0.4 is 4.74 Å². The van der Waals surface area contributed by atoms with Crippen molar-refractivity contribution in [3.63, 3.8) is 0 Å². The van der Waals surface area contributed by atoms with E-state index in [0.29, 0.717) is 16.9 Å². The Bertz CT molecular complexity index is 930. The van der Waals surface area contributed by atoms with E-state index in [2.05, 4.69) is 0 Å². The molecule has 0 radical (unpaired) electrons. The standard InChI is InChI=1S/C21H15NO4/c23-21(15-8-16-6-11-18(12-7-16)22(24)25)17-9-13-20(14-10-17)26-19-4-2-1-3-5-19/h1-15H/b15-8+. The van der Waals surface area contributed by atoms with Crippen molar-refractivity contribution in [1.29, 1.82) is 0 Å². The molecule has 0 atom stereocenters. The van der Waals surface area contributed by atoms with Crippen LogP contribution in [0.3, 0.4) is 0 Å². The monoisotopic (exact) mass is 345 g/mol.